The minimum Gasteiger partial charge on any atom is -0.243 e. The summed E-state index contributed by atoms with van der Waals surface area (Å²) in [5, 5.41) is 0.188. The fourth-order valence-corrected chi connectivity index (χ4v) is 2.59. The maximum Gasteiger partial charge on any atom is 0.242 e. The van der Waals surface area contributed by atoms with Crippen LogP contribution >= 0.6 is 11.6 Å². The van der Waals surface area contributed by atoms with E-state index in [0.717, 1.165) is 12.5 Å². The molecule has 102 valence electrons. The first-order valence-corrected chi connectivity index (χ1v) is 8.52. The number of nitrogens with one attached hydrogen (secondary N) is 2. The summed E-state index contributed by atoms with van der Waals surface area (Å²) in [6.45, 7) is -0.0862. The van der Waals surface area contributed by atoms with E-state index in [2.05, 4.69) is 14.4 Å². The lowest BCUT2D eigenvalue weighted by molar-refractivity contribution is 0.573. The van der Waals surface area contributed by atoms with Crippen LogP contribution in [0.5, 0.6) is 0 Å². The van der Waals surface area contributed by atoms with Crippen LogP contribution in [0.1, 0.15) is 0 Å². The molecular formula is C8H12ClN3O4S2. The second-order valence-electron chi connectivity index (χ2n) is 3.38. The van der Waals surface area contributed by atoms with Gasteiger partial charge >= 0.3 is 0 Å². The molecule has 0 radical (unpaired) electrons. The SMILES string of the molecule is CS(=O)(=O)NCCNS(=O)(=O)c1ccc(Cl)nc1. The van der Waals surface area contributed by atoms with E-state index in [1.165, 1.54) is 12.1 Å². The number of rotatable bonds is 6. The average molecular weight is 314 g/mol. The second-order valence-corrected chi connectivity index (χ2v) is 7.37. The molecule has 1 rings (SSSR count). The fourth-order valence-electron chi connectivity index (χ4n) is 1.03. The Bertz CT molecular complexity index is 598. The Labute approximate surface area is 111 Å². The topological polar surface area (TPSA) is 105 Å². The summed E-state index contributed by atoms with van der Waals surface area (Å²) in [4.78, 5) is 3.61. The largest absolute Gasteiger partial charge is 0.243 e. The first-order valence-electron chi connectivity index (χ1n) is 4.76. The average Bonchev–Trinajstić information content (AvgIpc) is 2.24. The quantitative estimate of drug-likeness (QED) is 0.547. The Morgan fingerprint density at radius 3 is 2.28 bits per heavy atom. The van der Waals surface area contributed by atoms with Crippen molar-refractivity contribution in [1.29, 1.82) is 0 Å². The van der Waals surface area contributed by atoms with E-state index < -0.39 is 20.0 Å². The highest BCUT2D eigenvalue weighted by Crippen LogP contribution is 2.10. The fraction of sp³-hybridized carbons (Fsp3) is 0.375. The summed E-state index contributed by atoms with van der Waals surface area (Å²) in [7, 11) is -7.03. The zero-order valence-electron chi connectivity index (χ0n) is 9.42. The van der Waals surface area contributed by atoms with Crippen molar-refractivity contribution in [2.75, 3.05) is 19.3 Å². The summed E-state index contributed by atoms with van der Waals surface area (Å²) in [6.07, 6.45) is 2.11. The Morgan fingerprint density at radius 1 is 1.17 bits per heavy atom. The van der Waals surface area contributed by atoms with Crippen LogP contribution in [-0.2, 0) is 20.0 Å². The van der Waals surface area contributed by atoms with Crippen LogP contribution in [0.3, 0.4) is 0 Å². The smallest absolute Gasteiger partial charge is 0.242 e. The van der Waals surface area contributed by atoms with Gasteiger partial charge in [0.25, 0.3) is 0 Å². The molecule has 0 atom stereocenters. The Hall–Kier alpha value is -0.740. The van der Waals surface area contributed by atoms with Gasteiger partial charge in [0.05, 0.1) is 6.26 Å². The summed E-state index contributed by atoms with van der Waals surface area (Å²) >= 11 is 5.54. The van der Waals surface area contributed by atoms with Crippen LogP contribution in [-0.4, -0.2) is 41.2 Å². The van der Waals surface area contributed by atoms with E-state index in [1.54, 1.807) is 0 Å². The van der Waals surface area contributed by atoms with Gasteiger partial charge in [0, 0.05) is 19.3 Å². The van der Waals surface area contributed by atoms with Gasteiger partial charge in [0.2, 0.25) is 20.0 Å². The third-order valence-electron chi connectivity index (χ3n) is 1.79. The predicted octanol–water partition coefficient (Wildman–Crippen LogP) is -0.437. The van der Waals surface area contributed by atoms with E-state index in [0.29, 0.717) is 0 Å². The lowest BCUT2D eigenvalue weighted by atomic mass is 10.5. The van der Waals surface area contributed by atoms with Crippen molar-refractivity contribution < 1.29 is 16.8 Å². The van der Waals surface area contributed by atoms with Gasteiger partial charge in [-0.05, 0) is 12.1 Å². The van der Waals surface area contributed by atoms with Crippen molar-refractivity contribution >= 4 is 31.6 Å². The molecule has 1 aromatic rings. The van der Waals surface area contributed by atoms with Crippen LogP contribution < -0.4 is 9.44 Å². The van der Waals surface area contributed by atoms with Gasteiger partial charge in [-0.15, -0.1) is 0 Å². The van der Waals surface area contributed by atoms with Gasteiger partial charge < -0.3 is 0 Å². The number of aromatic nitrogens is 1. The first kappa shape index (κ1) is 15.3. The lowest BCUT2D eigenvalue weighted by Crippen LogP contribution is -2.34. The minimum atomic E-state index is -3.70. The van der Waals surface area contributed by atoms with Crippen molar-refractivity contribution in [3.05, 3.63) is 23.5 Å². The molecule has 0 saturated heterocycles. The summed E-state index contributed by atoms with van der Waals surface area (Å²) < 4.78 is 49.3. The third-order valence-corrected chi connectivity index (χ3v) is 4.19. The number of sulfonamides is 2. The van der Waals surface area contributed by atoms with Gasteiger partial charge in [-0.25, -0.2) is 31.3 Å². The summed E-state index contributed by atoms with van der Waals surface area (Å²) in [5.41, 5.74) is 0. The highest BCUT2D eigenvalue weighted by molar-refractivity contribution is 7.89. The minimum absolute atomic E-state index is 0.0287. The zero-order valence-corrected chi connectivity index (χ0v) is 11.8. The number of nitrogens with zero attached hydrogens (tertiary/aromatic N) is 1. The molecule has 0 bridgehead atoms. The van der Waals surface area contributed by atoms with Gasteiger partial charge in [-0.3, -0.25) is 0 Å². The van der Waals surface area contributed by atoms with E-state index >= 15 is 0 Å². The number of pyridine rings is 1. The Balaban J connectivity index is 2.58. The second kappa shape index (κ2) is 5.93. The lowest BCUT2D eigenvalue weighted by Gasteiger charge is -2.06. The maximum absolute atomic E-state index is 11.7. The molecule has 0 spiro atoms. The normalized spacial score (nSPS) is 12.6. The van der Waals surface area contributed by atoms with Gasteiger partial charge in [0.15, 0.2) is 0 Å². The van der Waals surface area contributed by atoms with Crippen LogP contribution in [0.25, 0.3) is 0 Å². The van der Waals surface area contributed by atoms with Crippen LogP contribution in [0, 0.1) is 0 Å². The maximum atomic E-state index is 11.7. The van der Waals surface area contributed by atoms with Crippen molar-refractivity contribution in [2.45, 2.75) is 4.90 Å². The molecule has 10 heteroatoms. The molecule has 2 N–H and O–H groups in total. The molecule has 18 heavy (non-hydrogen) atoms. The standard InChI is InChI=1S/C8H12ClN3O4S2/c1-17(13,14)11-4-5-12-18(15,16)7-2-3-8(9)10-6-7/h2-3,6,11-12H,4-5H2,1H3. The van der Waals surface area contributed by atoms with E-state index in [9.17, 15) is 16.8 Å². The molecule has 0 aliphatic heterocycles. The molecule has 0 fully saturated rings. The first-order chi connectivity index (χ1) is 8.21. The molecule has 0 aliphatic rings. The Morgan fingerprint density at radius 2 is 1.78 bits per heavy atom. The molecule has 0 unspecified atom stereocenters. The summed E-state index contributed by atoms with van der Waals surface area (Å²) in [6, 6.07) is 2.66. The van der Waals surface area contributed by atoms with Gasteiger partial charge in [-0.1, -0.05) is 11.6 Å². The number of hydrogen-bond donors (Lipinski definition) is 2. The van der Waals surface area contributed by atoms with E-state index in [1.807, 2.05) is 0 Å². The highest BCUT2D eigenvalue weighted by Gasteiger charge is 2.13. The Kier molecular flexibility index (Phi) is 5.05. The van der Waals surface area contributed by atoms with Gasteiger partial charge in [0.1, 0.15) is 10.0 Å². The number of hydrogen-bond acceptors (Lipinski definition) is 5. The van der Waals surface area contributed by atoms with Crippen molar-refractivity contribution in [2.24, 2.45) is 0 Å². The van der Waals surface area contributed by atoms with Crippen LogP contribution in [0.4, 0.5) is 0 Å². The molecule has 0 aliphatic carbocycles. The third kappa shape index (κ3) is 5.27. The molecule has 1 heterocycles. The number of halogens is 1. The zero-order chi connectivity index (χ0) is 13.8. The van der Waals surface area contributed by atoms with Crippen molar-refractivity contribution in [3.63, 3.8) is 0 Å². The van der Waals surface area contributed by atoms with Crippen LogP contribution in [0.2, 0.25) is 5.15 Å². The van der Waals surface area contributed by atoms with Crippen molar-refractivity contribution in [1.82, 2.24) is 14.4 Å². The molecule has 0 aromatic carbocycles. The summed E-state index contributed by atoms with van der Waals surface area (Å²) in [5.74, 6) is 0. The van der Waals surface area contributed by atoms with Gasteiger partial charge in [-0.2, -0.15) is 0 Å². The molecule has 0 amide bonds. The molecule has 0 saturated carbocycles. The highest BCUT2D eigenvalue weighted by atomic mass is 35.5. The van der Waals surface area contributed by atoms with E-state index in [4.69, 9.17) is 11.6 Å². The van der Waals surface area contributed by atoms with Crippen molar-refractivity contribution in [3.8, 4) is 0 Å². The predicted molar refractivity (Wildman–Crippen MR) is 67.3 cm³/mol. The van der Waals surface area contributed by atoms with E-state index in [-0.39, 0.29) is 23.1 Å². The molecular weight excluding hydrogens is 302 g/mol. The molecule has 1 aromatic heterocycles. The molecule has 7 nitrogen and oxygen atoms in total. The van der Waals surface area contributed by atoms with Crippen LogP contribution in [0.15, 0.2) is 23.2 Å². The monoisotopic (exact) mass is 313 g/mol.